The number of carbonyl (C=O) groups excluding carboxylic acids is 1. The molecule has 1 aromatic rings. The summed E-state index contributed by atoms with van der Waals surface area (Å²) >= 11 is 3.83. The molecule has 12 heteroatoms. The second kappa shape index (κ2) is 10.6. The molecule has 0 aromatic carbocycles. The quantitative estimate of drug-likeness (QED) is 0.202. The van der Waals surface area contributed by atoms with Crippen molar-refractivity contribution in [1.29, 1.82) is 0 Å². The van der Waals surface area contributed by atoms with Crippen LogP contribution in [0.3, 0.4) is 0 Å². The highest BCUT2D eigenvalue weighted by molar-refractivity contribution is 7.96. The van der Waals surface area contributed by atoms with Crippen LogP contribution in [0, 0.1) is 11.8 Å². The Morgan fingerprint density at radius 1 is 1.08 bits per heavy atom. The molecule has 2 aliphatic rings. The van der Waals surface area contributed by atoms with Gasteiger partial charge in [-0.3, -0.25) is 9.36 Å². The van der Waals surface area contributed by atoms with E-state index >= 15 is 0 Å². The summed E-state index contributed by atoms with van der Waals surface area (Å²) in [5.41, 5.74) is -0.498. The van der Waals surface area contributed by atoms with E-state index in [0.29, 0.717) is 11.8 Å². The van der Waals surface area contributed by atoms with Gasteiger partial charge < -0.3 is 23.1 Å². The smallest absolute Gasteiger partial charge is 0.364 e. The van der Waals surface area contributed by atoms with Crippen molar-refractivity contribution in [2.45, 2.75) is 116 Å². The van der Waals surface area contributed by atoms with Crippen LogP contribution >= 0.6 is 12.6 Å². The summed E-state index contributed by atoms with van der Waals surface area (Å²) in [5.74, 6) is 0.969. The van der Waals surface area contributed by atoms with Crippen LogP contribution in [0.5, 0.6) is 11.8 Å². The normalized spacial score (nSPS) is 23.9. The van der Waals surface area contributed by atoms with E-state index in [1.165, 1.54) is 0 Å². The van der Waals surface area contributed by atoms with Gasteiger partial charge in [0, 0.05) is 0 Å². The van der Waals surface area contributed by atoms with Crippen molar-refractivity contribution < 1.29 is 27.9 Å². The van der Waals surface area contributed by atoms with E-state index in [0.717, 1.165) is 0 Å². The minimum absolute atomic E-state index is 0.0101. The molecule has 0 aliphatic carbocycles. The Labute approximate surface area is 234 Å². The molecule has 0 spiro atoms. The van der Waals surface area contributed by atoms with Crippen molar-refractivity contribution in [2.75, 3.05) is 6.61 Å². The number of hydrogen-bond acceptors (Lipinski definition) is 8. The van der Waals surface area contributed by atoms with E-state index in [1.807, 2.05) is 0 Å². The van der Waals surface area contributed by atoms with Crippen LogP contribution in [0.25, 0.3) is 0 Å². The fraction of sp³-hybridized carbons (Fsp3) is 0.808. The SMILES string of the molecule is CC(C)C(C)(C)[Si](C)(C)OC[C@H]1O[C@@H]2[C@@H](Oc3nc(=O)c(O[Si](C)(C)C(C)(C)C(C)C)cn32)[C@@H]1OC(=O)S. The number of nitrogens with zero attached hydrogens (tertiary/aromatic N) is 2. The van der Waals surface area contributed by atoms with Gasteiger partial charge in [0.2, 0.25) is 0 Å². The van der Waals surface area contributed by atoms with Gasteiger partial charge in [-0.2, -0.15) is 4.98 Å². The number of ether oxygens (including phenoxy) is 3. The molecule has 0 N–H and O–H groups in total. The van der Waals surface area contributed by atoms with Gasteiger partial charge in [-0.25, -0.2) is 4.79 Å². The number of thiol groups is 1. The van der Waals surface area contributed by atoms with Gasteiger partial charge in [-0.15, -0.1) is 0 Å². The Hall–Kier alpha value is -1.35. The molecule has 2 aliphatic heterocycles. The summed E-state index contributed by atoms with van der Waals surface area (Å²) in [4.78, 5) is 28.9. The second-order valence-electron chi connectivity index (χ2n) is 13.3. The molecule has 0 bridgehead atoms. The molecular weight excluding hydrogens is 541 g/mol. The molecule has 1 saturated heterocycles. The average Bonchev–Trinajstić information content (AvgIpc) is 3.27. The van der Waals surface area contributed by atoms with Crippen LogP contribution in [0.15, 0.2) is 11.0 Å². The summed E-state index contributed by atoms with van der Waals surface area (Å²) in [5, 5.41) is -0.824. The van der Waals surface area contributed by atoms with Crippen LogP contribution in [0.1, 0.15) is 61.6 Å². The highest BCUT2D eigenvalue weighted by Crippen LogP contribution is 2.47. The van der Waals surface area contributed by atoms with Crippen LogP contribution in [0.4, 0.5) is 4.79 Å². The summed E-state index contributed by atoms with van der Waals surface area (Å²) < 4.78 is 32.5. The first kappa shape index (κ1) is 31.2. The van der Waals surface area contributed by atoms with Crippen molar-refractivity contribution in [3.63, 3.8) is 0 Å². The zero-order chi connectivity index (χ0) is 29.0. The van der Waals surface area contributed by atoms with Crippen molar-refractivity contribution in [2.24, 2.45) is 11.8 Å². The van der Waals surface area contributed by atoms with Crippen LogP contribution in [-0.2, 0) is 13.9 Å². The number of hydrogen-bond donors (Lipinski definition) is 1. The fourth-order valence-electron chi connectivity index (χ4n) is 4.62. The van der Waals surface area contributed by atoms with E-state index < -0.39 is 52.0 Å². The first-order chi connectivity index (χ1) is 17.2. The molecule has 0 unspecified atom stereocenters. The third-order valence-electron chi connectivity index (χ3n) is 9.89. The lowest BCUT2D eigenvalue weighted by Gasteiger charge is -2.43. The van der Waals surface area contributed by atoms with Gasteiger partial charge in [0.1, 0.15) is 6.10 Å². The van der Waals surface area contributed by atoms with E-state index in [9.17, 15) is 9.59 Å². The zero-order valence-corrected chi connectivity index (χ0v) is 27.8. The maximum atomic E-state index is 12.9. The lowest BCUT2D eigenvalue weighted by molar-refractivity contribution is -0.0415. The highest BCUT2D eigenvalue weighted by Gasteiger charge is 2.55. The largest absolute Gasteiger partial charge is 0.539 e. The van der Waals surface area contributed by atoms with Gasteiger partial charge in [-0.1, -0.05) is 68.0 Å². The lowest BCUT2D eigenvalue weighted by atomic mass is 9.99. The van der Waals surface area contributed by atoms with Crippen molar-refractivity contribution >= 4 is 34.6 Å². The van der Waals surface area contributed by atoms with Gasteiger partial charge >= 0.3 is 16.9 Å². The molecule has 3 rings (SSSR count). The molecule has 1 fully saturated rings. The topological polar surface area (TPSA) is 98.1 Å². The fourth-order valence-corrected chi connectivity index (χ4v) is 9.43. The van der Waals surface area contributed by atoms with Crippen LogP contribution < -0.4 is 14.7 Å². The van der Waals surface area contributed by atoms with E-state index in [-0.39, 0.29) is 28.4 Å². The standard InChI is InChI=1S/C26H46N2O7SSi2/c1-15(2)25(5,6)37(9,10)31-14-18-19(34-24(30)36)20-22(32-18)28-13-17(21(29)27-23(28)33-20)35-38(11,12)26(7,8)16(3)4/h13,15-16,18-20,22H,14H2,1-12H3,(H,30,36)/t18-,19-,20+,22-/m1/s1. The lowest BCUT2D eigenvalue weighted by Crippen LogP contribution is -2.49. The van der Waals surface area contributed by atoms with Crippen molar-refractivity contribution in [3.8, 4) is 11.8 Å². The zero-order valence-electron chi connectivity index (χ0n) is 24.9. The molecule has 3 heterocycles. The van der Waals surface area contributed by atoms with Crippen LogP contribution in [-0.4, -0.2) is 56.4 Å². The molecule has 216 valence electrons. The molecule has 0 amide bonds. The van der Waals surface area contributed by atoms with Crippen molar-refractivity contribution in [3.05, 3.63) is 16.6 Å². The van der Waals surface area contributed by atoms with Gasteiger partial charge in [0.15, 0.2) is 32.5 Å². The first-order valence-electron chi connectivity index (χ1n) is 13.4. The third kappa shape index (κ3) is 5.61. The average molecular weight is 587 g/mol. The maximum absolute atomic E-state index is 12.9. The number of rotatable bonds is 10. The molecule has 0 radical (unpaired) electrons. The van der Waals surface area contributed by atoms with E-state index in [4.69, 9.17) is 23.1 Å². The first-order valence-corrected chi connectivity index (χ1v) is 19.7. The minimum atomic E-state index is -2.37. The predicted octanol–water partition coefficient (Wildman–Crippen LogP) is 6.01. The van der Waals surface area contributed by atoms with E-state index in [2.05, 4.69) is 99.2 Å². The Bertz CT molecular complexity index is 1100. The van der Waals surface area contributed by atoms with E-state index in [1.54, 1.807) is 10.8 Å². The number of carbonyl (C=O) groups is 1. The van der Waals surface area contributed by atoms with Crippen molar-refractivity contribution in [1.82, 2.24) is 9.55 Å². The molecular formula is C26H46N2O7SSi2. The summed E-state index contributed by atoms with van der Waals surface area (Å²) in [6.07, 6.45) is -1.08. The summed E-state index contributed by atoms with van der Waals surface area (Å²) in [6.45, 7) is 26.4. The number of fused-ring (bicyclic) bond motifs is 3. The van der Waals surface area contributed by atoms with Gasteiger partial charge in [0.25, 0.3) is 8.32 Å². The predicted molar refractivity (Wildman–Crippen MR) is 155 cm³/mol. The molecule has 4 atom stereocenters. The molecule has 38 heavy (non-hydrogen) atoms. The Morgan fingerprint density at radius 2 is 1.63 bits per heavy atom. The molecule has 0 saturated carbocycles. The Kier molecular flexibility index (Phi) is 8.67. The number of aromatic nitrogens is 2. The highest BCUT2D eigenvalue weighted by atomic mass is 32.1. The maximum Gasteiger partial charge on any atom is 0.364 e. The minimum Gasteiger partial charge on any atom is -0.539 e. The summed E-state index contributed by atoms with van der Waals surface area (Å²) in [7, 11) is -4.54. The Morgan fingerprint density at radius 3 is 2.16 bits per heavy atom. The Balaban J connectivity index is 1.88. The summed E-state index contributed by atoms with van der Waals surface area (Å²) in [6, 6.07) is 0.107. The molecule has 9 nitrogen and oxygen atoms in total. The van der Waals surface area contributed by atoms with Gasteiger partial charge in [0.05, 0.1) is 12.8 Å². The van der Waals surface area contributed by atoms with Gasteiger partial charge in [-0.05, 0) is 48.1 Å². The third-order valence-corrected chi connectivity index (χ3v) is 19.0. The molecule has 1 aromatic heterocycles. The second-order valence-corrected chi connectivity index (χ2v) is 22.8. The monoisotopic (exact) mass is 586 g/mol. The van der Waals surface area contributed by atoms with Crippen LogP contribution in [0.2, 0.25) is 36.3 Å².